The van der Waals surface area contributed by atoms with Gasteiger partial charge >= 0.3 is 0 Å². The fourth-order valence-corrected chi connectivity index (χ4v) is 1.94. The fourth-order valence-electron chi connectivity index (χ4n) is 1.37. The van der Waals surface area contributed by atoms with E-state index in [0.717, 1.165) is 19.1 Å². The van der Waals surface area contributed by atoms with Crippen LogP contribution in [0.5, 0.6) is 0 Å². The van der Waals surface area contributed by atoms with E-state index in [0.29, 0.717) is 0 Å². The molecule has 0 aromatic heterocycles. The van der Waals surface area contributed by atoms with Gasteiger partial charge in [0.25, 0.3) is 0 Å². The Balaban J connectivity index is 1.77. The molecule has 0 radical (unpaired) electrons. The van der Waals surface area contributed by atoms with Gasteiger partial charge in [-0.25, -0.2) is 0 Å². The molecule has 1 rings (SSSR count). The largest absolute Gasteiger partial charge is 0.315 e. The molecule has 1 aliphatic carbocycles. The first-order chi connectivity index (χ1) is 6.34. The van der Waals surface area contributed by atoms with E-state index in [1.54, 1.807) is 0 Å². The molecule has 0 spiro atoms. The van der Waals surface area contributed by atoms with E-state index < -0.39 is 0 Å². The van der Waals surface area contributed by atoms with Crippen molar-refractivity contribution in [2.75, 3.05) is 38.2 Å². The molecule has 0 aromatic rings. The van der Waals surface area contributed by atoms with Gasteiger partial charge in [0.05, 0.1) is 0 Å². The minimum Gasteiger partial charge on any atom is -0.315 e. The average molecular weight is 202 g/mol. The minimum atomic E-state index is 0.909. The molecule has 1 saturated carbocycles. The van der Waals surface area contributed by atoms with Crippen molar-refractivity contribution in [3.8, 4) is 0 Å². The van der Waals surface area contributed by atoms with E-state index in [1.807, 2.05) is 11.8 Å². The number of hydrogen-bond donors (Lipinski definition) is 1. The highest BCUT2D eigenvalue weighted by Gasteiger charge is 2.25. The highest BCUT2D eigenvalue weighted by molar-refractivity contribution is 7.99. The lowest BCUT2D eigenvalue weighted by Gasteiger charge is -2.15. The highest BCUT2D eigenvalue weighted by Crippen LogP contribution is 2.24. The van der Waals surface area contributed by atoms with Crippen molar-refractivity contribution in [2.45, 2.75) is 25.8 Å². The summed E-state index contributed by atoms with van der Waals surface area (Å²) in [5.41, 5.74) is 0. The van der Waals surface area contributed by atoms with Gasteiger partial charge in [0.2, 0.25) is 0 Å². The van der Waals surface area contributed by atoms with Crippen molar-refractivity contribution < 1.29 is 0 Å². The van der Waals surface area contributed by atoms with Crippen molar-refractivity contribution in [3.05, 3.63) is 0 Å². The lowest BCUT2D eigenvalue weighted by molar-refractivity contribution is 0.323. The van der Waals surface area contributed by atoms with Crippen LogP contribution in [-0.2, 0) is 0 Å². The van der Waals surface area contributed by atoms with E-state index in [1.165, 1.54) is 30.9 Å². The van der Waals surface area contributed by atoms with Crippen molar-refractivity contribution in [1.29, 1.82) is 0 Å². The topological polar surface area (TPSA) is 15.3 Å². The average Bonchev–Trinajstić information content (AvgIpc) is 2.93. The Hall–Kier alpha value is 0.270. The molecule has 0 aromatic carbocycles. The Morgan fingerprint density at radius 2 is 2.15 bits per heavy atom. The van der Waals surface area contributed by atoms with E-state index in [4.69, 9.17) is 0 Å². The van der Waals surface area contributed by atoms with Crippen molar-refractivity contribution in [3.63, 3.8) is 0 Å². The summed E-state index contributed by atoms with van der Waals surface area (Å²) in [6, 6.07) is 0.909. The summed E-state index contributed by atoms with van der Waals surface area (Å²) in [5.74, 6) is 2.49. The van der Waals surface area contributed by atoms with E-state index >= 15 is 0 Å². The molecule has 13 heavy (non-hydrogen) atoms. The number of rotatable bonds is 8. The Morgan fingerprint density at radius 1 is 1.38 bits per heavy atom. The van der Waals surface area contributed by atoms with Crippen LogP contribution < -0.4 is 5.32 Å². The van der Waals surface area contributed by atoms with Crippen LogP contribution in [0.2, 0.25) is 0 Å². The molecule has 0 amide bonds. The molecule has 3 heteroatoms. The maximum atomic E-state index is 3.47. The van der Waals surface area contributed by atoms with Gasteiger partial charge < -0.3 is 10.2 Å². The third-order valence-corrected chi connectivity index (χ3v) is 3.34. The third kappa shape index (κ3) is 5.55. The number of hydrogen-bond acceptors (Lipinski definition) is 3. The van der Waals surface area contributed by atoms with Gasteiger partial charge in [-0.3, -0.25) is 0 Å². The van der Waals surface area contributed by atoms with Gasteiger partial charge in [-0.05, 0) is 25.6 Å². The molecule has 0 atom stereocenters. The fraction of sp³-hybridized carbons (Fsp3) is 1.00. The second kappa shape index (κ2) is 6.68. The molecule has 0 heterocycles. The zero-order valence-electron chi connectivity index (χ0n) is 8.88. The third-order valence-electron chi connectivity index (χ3n) is 2.44. The lowest BCUT2D eigenvalue weighted by atomic mass is 10.5. The standard InChI is InChI=1S/C10H22N2S/c1-3-13-9-7-11-6-8-12(2)10-4-5-10/h10-11H,3-9H2,1-2H3. The van der Waals surface area contributed by atoms with Gasteiger partial charge in [0.15, 0.2) is 0 Å². The van der Waals surface area contributed by atoms with Crippen LogP contribution in [0.1, 0.15) is 19.8 Å². The number of nitrogens with one attached hydrogen (secondary N) is 1. The number of nitrogens with zero attached hydrogens (tertiary/aromatic N) is 1. The summed E-state index contributed by atoms with van der Waals surface area (Å²) < 4.78 is 0. The second-order valence-electron chi connectivity index (χ2n) is 3.66. The van der Waals surface area contributed by atoms with Crippen LogP contribution in [0.3, 0.4) is 0 Å². The summed E-state index contributed by atoms with van der Waals surface area (Å²) in [6.45, 7) is 5.74. The molecule has 0 bridgehead atoms. The summed E-state index contributed by atoms with van der Waals surface area (Å²) in [7, 11) is 2.24. The molecular weight excluding hydrogens is 180 g/mol. The van der Waals surface area contributed by atoms with Crippen LogP contribution in [0.25, 0.3) is 0 Å². The Labute approximate surface area is 86.5 Å². The second-order valence-corrected chi connectivity index (χ2v) is 5.05. The first-order valence-corrected chi connectivity index (χ1v) is 6.48. The van der Waals surface area contributed by atoms with Crippen molar-refractivity contribution in [1.82, 2.24) is 10.2 Å². The van der Waals surface area contributed by atoms with Crippen LogP contribution in [0.4, 0.5) is 0 Å². The quantitative estimate of drug-likeness (QED) is 0.599. The van der Waals surface area contributed by atoms with Gasteiger partial charge in [-0.15, -0.1) is 0 Å². The van der Waals surface area contributed by atoms with E-state index in [9.17, 15) is 0 Å². The van der Waals surface area contributed by atoms with Gasteiger partial charge in [0, 0.05) is 31.4 Å². The molecule has 0 saturated heterocycles. The first kappa shape index (κ1) is 11.3. The van der Waals surface area contributed by atoms with Crippen LogP contribution in [0.15, 0.2) is 0 Å². The maximum Gasteiger partial charge on any atom is 0.0107 e. The van der Waals surface area contributed by atoms with Gasteiger partial charge in [-0.2, -0.15) is 11.8 Å². The van der Waals surface area contributed by atoms with Crippen LogP contribution in [0, 0.1) is 0 Å². The molecule has 1 fully saturated rings. The molecule has 0 aliphatic heterocycles. The molecule has 2 nitrogen and oxygen atoms in total. The summed E-state index contributed by atoms with van der Waals surface area (Å²) >= 11 is 2.01. The Bertz CT molecular complexity index is 126. The zero-order valence-corrected chi connectivity index (χ0v) is 9.70. The maximum absolute atomic E-state index is 3.47. The normalized spacial score (nSPS) is 16.8. The predicted molar refractivity (Wildman–Crippen MR) is 61.5 cm³/mol. The molecular formula is C10H22N2S. The van der Waals surface area contributed by atoms with Crippen LogP contribution in [-0.4, -0.2) is 49.1 Å². The smallest absolute Gasteiger partial charge is 0.0107 e. The minimum absolute atomic E-state index is 0.909. The van der Waals surface area contributed by atoms with E-state index in [2.05, 4.69) is 24.2 Å². The molecule has 0 unspecified atom stereocenters. The Kier molecular flexibility index (Phi) is 5.83. The van der Waals surface area contributed by atoms with Crippen molar-refractivity contribution in [2.24, 2.45) is 0 Å². The molecule has 1 N–H and O–H groups in total. The van der Waals surface area contributed by atoms with Gasteiger partial charge in [-0.1, -0.05) is 6.92 Å². The number of thioether (sulfide) groups is 1. The zero-order chi connectivity index (χ0) is 9.52. The number of likely N-dealkylation sites (N-methyl/N-ethyl adjacent to an activating group) is 1. The Morgan fingerprint density at radius 3 is 2.77 bits per heavy atom. The summed E-state index contributed by atoms with van der Waals surface area (Å²) in [5, 5.41) is 3.47. The van der Waals surface area contributed by atoms with Gasteiger partial charge in [0.1, 0.15) is 0 Å². The van der Waals surface area contributed by atoms with Crippen LogP contribution >= 0.6 is 11.8 Å². The van der Waals surface area contributed by atoms with E-state index in [-0.39, 0.29) is 0 Å². The molecule has 1 aliphatic rings. The summed E-state index contributed by atoms with van der Waals surface area (Å²) in [4.78, 5) is 2.47. The first-order valence-electron chi connectivity index (χ1n) is 5.33. The lowest BCUT2D eigenvalue weighted by Crippen LogP contribution is -2.31. The monoisotopic (exact) mass is 202 g/mol. The molecule has 78 valence electrons. The van der Waals surface area contributed by atoms with Crippen molar-refractivity contribution >= 4 is 11.8 Å². The SMILES string of the molecule is CCSCCNCCN(C)C1CC1. The predicted octanol–water partition coefficient (Wildman–Crippen LogP) is 1.42. The highest BCUT2D eigenvalue weighted by atomic mass is 32.2. The summed E-state index contributed by atoms with van der Waals surface area (Å²) in [6.07, 6.45) is 2.84.